The Hall–Kier alpha value is -4.06. The third-order valence-corrected chi connectivity index (χ3v) is 5.17. The van der Waals surface area contributed by atoms with Gasteiger partial charge in [0.05, 0.1) is 23.9 Å². The number of aromatic hydroxyl groups is 1. The number of halogens is 3. The molecule has 170 valence electrons. The van der Waals surface area contributed by atoms with E-state index in [-0.39, 0.29) is 28.9 Å². The molecule has 0 aliphatic carbocycles. The van der Waals surface area contributed by atoms with E-state index in [0.717, 1.165) is 22.4 Å². The van der Waals surface area contributed by atoms with E-state index in [1.807, 2.05) is 6.07 Å². The smallest absolute Gasteiger partial charge is 0.418 e. The molecule has 0 saturated carbocycles. The van der Waals surface area contributed by atoms with Gasteiger partial charge >= 0.3 is 6.18 Å². The van der Waals surface area contributed by atoms with Crippen LogP contribution in [0.1, 0.15) is 27.8 Å². The lowest BCUT2D eigenvalue weighted by atomic mass is 10.1. The molecule has 0 amide bonds. The van der Waals surface area contributed by atoms with Crippen molar-refractivity contribution in [3.63, 3.8) is 0 Å². The standard InChI is InChI=1S/C24H20F3N3O3/c1-15-18(13-28)22(31)30(12-11-16-7-9-17(33-2)10-8-16)23(32)19(15)14-29-21-6-4-3-5-20(21)24(25,26)27/h3-10,14,32H,11-12H2,1-2H3. The Morgan fingerprint density at radius 2 is 1.85 bits per heavy atom. The number of hydrogen-bond donors (Lipinski definition) is 1. The van der Waals surface area contributed by atoms with Crippen molar-refractivity contribution in [1.29, 1.82) is 5.26 Å². The minimum Gasteiger partial charge on any atom is -0.497 e. The van der Waals surface area contributed by atoms with E-state index in [0.29, 0.717) is 12.2 Å². The van der Waals surface area contributed by atoms with Crippen LogP contribution in [0.3, 0.4) is 0 Å². The Morgan fingerprint density at radius 3 is 2.45 bits per heavy atom. The van der Waals surface area contributed by atoms with Crippen molar-refractivity contribution in [1.82, 2.24) is 4.57 Å². The van der Waals surface area contributed by atoms with Gasteiger partial charge in [0, 0.05) is 12.8 Å². The molecule has 33 heavy (non-hydrogen) atoms. The van der Waals surface area contributed by atoms with Crippen LogP contribution in [-0.4, -0.2) is 23.0 Å². The van der Waals surface area contributed by atoms with Crippen molar-refractivity contribution in [2.24, 2.45) is 4.99 Å². The number of aliphatic imine (C=N–C) groups is 1. The summed E-state index contributed by atoms with van der Waals surface area (Å²) in [5.41, 5.74) is -1.20. The lowest BCUT2D eigenvalue weighted by molar-refractivity contribution is -0.137. The molecule has 9 heteroatoms. The van der Waals surface area contributed by atoms with Gasteiger partial charge < -0.3 is 9.84 Å². The summed E-state index contributed by atoms with van der Waals surface area (Å²) < 4.78 is 45.9. The van der Waals surface area contributed by atoms with E-state index in [1.165, 1.54) is 25.1 Å². The number of nitriles is 1. The Balaban J connectivity index is 2.02. The van der Waals surface area contributed by atoms with Crippen LogP contribution in [-0.2, 0) is 19.1 Å². The van der Waals surface area contributed by atoms with Gasteiger partial charge in [0.1, 0.15) is 17.4 Å². The first-order valence-corrected chi connectivity index (χ1v) is 9.87. The molecule has 0 bridgehead atoms. The summed E-state index contributed by atoms with van der Waals surface area (Å²) in [4.78, 5) is 16.6. The van der Waals surface area contributed by atoms with Gasteiger partial charge in [0.15, 0.2) is 0 Å². The van der Waals surface area contributed by atoms with E-state index in [2.05, 4.69) is 4.99 Å². The number of ether oxygens (including phenoxy) is 1. The van der Waals surface area contributed by atoms with Gasteiger partial charge in [-0.1, -0.05) is 24.3 Å². The second-order valence-corrected chi connectivity index (χ2v) is 7.18. The van der Waals surface area contributed by atoms with Crippen molar-refractivity contribution < 1.29 is 23.0 Å². The number of benzene rings is 2. The Kier molecular flexibility index (Phi) is 6.87. The molecule has 3 aromatic rings. The first-order chi connectivity index (χ1) is 15.7. The normalized spacial score (nSPS) is 11.5. The van der Waals surface area contributed by atoms with Crippen LogP contribution < -0.4 is 10.3 Å². The quantitative estimate of drug-likeness (QED) is 0.543. The second kappa shape index (κ2) is 9.61. The first kappa shape index (κ1) is 23.6. The van der Waals surface area contributed by atoms with Crippen LogP contribution >= 0.6 is 0 Å². The van der Waals surface area contributed by atoms with Gasteiger partial charge in [0.25, 0.3) is 5.56 Å². The monoisotopic (exact) mass is 455 g/mol. The summed E-state index contributed by atoms with van der Waals surface area (Å²) in [6, 6.07) is 13.7. The summed E-state index contributed by atoms with van der Waals surface area (Å²) in [6.45, 7) is 1.48. The minimum absolute atomic E-state index is 0.00198. The molecule has 0 saturated heterocycles. The maximum Gasteiger partial charge on any atom is 0.418 e. The number of rotatable bonds is 6. The van der Waals surface area contributed by atoms with Gasteiger partial charge in [-0.2, -0.15) is 18.4 Å². The molecule has 3 rings (SSSR count). The fourth-order valence-corrected chi connectivity index (χ4v) is 3.33. The third kappa shape index (κ3) is 5.06. The number of aryl methyl sites for hydroxylation is 1. The van der Waals surface area contributed by atoms with Gasteiger partial charge in [-0.3, -0.25) is 14.4 Å². The van der Waals surface area contributed by atoms with Crippen molar-refractivity contribution in [2.75, 3.05) is 7.11 Å². The molecule has 0 spiro atoms. The van der Waals surface area contributed by atoms with Crippen LogP contribution in [0.5, 0.6) is 11.6 Å². The lowest BCUT2D eigenvalue weighted by Gasteiger charge is -2.14. The highest BCUT2D eigenvalue weighted by Gasteiger charge is 2.33. The van der Waals surface area contributed by atoms with E-state index in [4.69, 9.17) is 4.74 Å². The molecule has 1 N–H and O–H groups in total. The van der Waals surface area contributed by atoms with Crippen LogP contribution in [0.4, 0.5) is 18.9 Å². The zero-order chi connectivity index (χ0) is 24.2. The molecule has 0 atom stereocenters. The molecule has 6 nitrogen and oxygen atoms in total. The highest BCUT2D eigenvalue weighted by Crippen LogP contribution is 2.36. The molecule has 0 fully saturated rings. The van der Waals surface area contributed by atoms with E-state index in [9.17, 15) is 28.3 Å². The number of nitrogens with zero attached hydrogens (tertiary/aromatic N) is 3. The molecule has 0 radical (unpaired) electrons. The van der Waals surface area contributed by atoms with E-state index < -0.39 is 23.2 Å². The highest BCUT2D eigenvalue weighted by atomic mass is 19.4. The largest absolute Gasteiger partial charge is 0.497 e. The third-order valence-electron chi connectivity index (χ3n) is 5.17. The van der Waals surface area contributed by atoms with Crippen molar-refractivity contribution in [2.45, 2.75) is 26.1 Å². The summed E-state index contributed by atoms with van der Waals surface area (Å²) in [6.07, 6.45) is -3.21. The number of pyridine rings is 1. The predicted octanol–water partition coefficient (Wildman–Crippen LogP) is 4.75. The van der Waals surface area contributed by atoms with Crippen LogP contribution in [0.2, 0.25) is 0 Å². The summed E-state index contributed by atoms with van der Waals surface area (Å²) in [7, 11) is 1.54. The highest BCUT2D eigenvalue weighted by molar-refractivity contribution is 5.87. The molecular weight excluding hydrogens is 435 g/mol. The zero-order valence-corrected chi connectivity index (χ0v) is 17.8. The van der Waals surface area contributed by atoms with Gasteiger partial charge in [0.2, 0.25) is 5.88 Å². The van der Waals surface area contributed by atoms with Crippen LogP contribution in [0.15, 0.2) is 58.3 Å². The number of aromatic nitrogens is 1. The molecule has 1 heterocycles. The molecule has 2 aromatic carbocycles. The van der Waals surface area contributed by atoms with E-state index >= 15 is 0 Å². The second-order valence-electron chi connectivity index (χ2n) is 7.18. The lowest BCUT2D eigenvalue weighted by Crippen LogP contribution is -2.26. The molecule has 0 unspecified atom stereocenters. The number of hydrogen-bond acceptors (Lipinski definition) is 5. The molecular formula is C24H20F3N3O3. The summed E-state index contributed by atoms with van der Waals surface area (Å²) >= 11 is 0. The van der Waals surface area contributed by atoms with Crippen molar-refractivity contribution in [3.05, 3.63) is 86.7 Å². The van der Waals surface area contributed by atoms with Gasteiger partial charge in [-0.25, -0.2) is 0 Å². The molecule has 0 aliphatic heterocycles. The van der Waals surface area contributed by atoms with Crippen molar-refractivity contribution in [3.8, 4) is 17.7 Å². The summed E-state index contributed by atoms with van der Waals surface area (Å²) in [5.74, 6) is 0.191. The van der Waals surface area contributed by atoms with Crippen LogP contribution in [0.25, 0.3) is 0 Å². The van der Waals surface area contributed by atoms with Gasteiger partial charge in [-0.05, 0) is 48.7 Å². The topological polar surface area (TPSA) is 87.6 Å². The number of para-hydroxylation sites is 1. The fourth-order valence-electron chi connectivity index (χ4n) is 3.33. The predicted molar refractivity (Wildman–Crippen MR) is 117 cm³/mol. The maximum atomic E-state index is 13.3. The van der Waals surface area contributed by atoms with Crippen molar-refractivity contribution >= 4 is 11.9 Å². The SMILES string of the molecule is COc1ccc(CCn2c(O)c(C=Nc3ccccc3C(F)(F)F)c(C)c(C#N)c2=O)cc1. The Bertz CT molecular complexity index is 1290. The van der Waals surface area contributed by atoms with Gasteiger partial charge in [-0.15, -0.1) is 0 Å². The Morgan fingerprint density at radius 1 is 1.18 bits per heavy atom. The number of methoxy groups -OCH3 is 1. The van der Waals surface area contributed by atoms with E-state index in [1.54, 1.807) is 31.4 Å². The molecule has 1 aromatic heterocycles. The Labute approximate surface area is 187 Å². The zero-order valence-electron chi connectivity index (χ0n) is 17.8. The molecule has 0 aliphatic rings. The minimum atomic E-state index is -4.61. The van der Waals surface area contributed by atoms with Crippen LogP contribution in [0, 0.1) is 18.3 Å². The average Bonchev–Trinajstić information content (AvgIpc) is 2.79. The fraction of sp³-hybridized carbons (Fsp3) is 0.208. The average molecular weight is 455 g/mol. The number of alkyl halides is 3. The maximum absolute atomic E-state index is 13.3. The summed E-state index contributed by atoms with van der Waals surface area (Å²) in [5, 5.41) is 20.2. The first-order valence-electron chi connectivity index (χ1n) is 9.87.